The van der Waals surface area contributed by atoms with Crippen LogP contribution >= 0.6 is 11.6 Å². The molecule has 0 aliphatic rings. The van der Waals surface area contributed by atoms with Crippen LogP contribution in [0.2, 0.25) is 5.02 Å². The molecule has 28 heavy (non-hydrogen) atoms. The van der Waals surface area contributed by atoms with Crippen LogP contribution in [-0.2, 0) is 14.8 Å². The quantitative estimate of drug-likeness (QED) is 0.573. The summed E-state index contributed by atoms with van der Waals surface area (Å²) in [6.07, 6.45) is 0.0306. The molecule has 2 aromatic carbocycles. The number of ether oxygens (including phenoxy) is 1. The number of carbonyl (C=O) groups is 1. The second-order valence-corrected chi connectivity index (χ2v) is 8.73. The first-order valence-corrected chi connectivity index (χ1v) is 10.9. The average molecular weight is 425 g/mol. The lowest BCUT2D eigenvalue weighted by Gasteiger charge is -2.10. The van der Waals surface area contributed by atoms with Gasteiger partial charge in [-0.2, -0.15) is 0 Å². The Kier molecular flexibility index (Phi) is 8.29. The first-order chi connectivity index (χ1) is 13.3. The fraction of sp³-hybridized carbons (Fsp3) is 0.350. The number of rotatable bonds is 10. The van der Waals surface area contributed by atoms with Crippen LogP contribution < -0.4 is 14.8 Å². The van der Waals surface area contributed by atoms with Crippen LogP contribution in [-0.4, -0.2) is 34.0 Å². The number of nitrogens with one attached hydrogen (secondary N) is 2. The number of sulfonamides is 1. The Bertz CT molecular complexity index is 883. The van der Waals surface area contributed by atoms with Gasteiger partial charge in [-0.15, -0.1) is 0 Å². The largest absolute Gasteiger partial charge is 0.492 e. The molecule has 0 saturated carbocycles. The van der Waals surface area contributed by atoms with E-state index in [0.717, 1.165) is 5.75 Å². The van der Waals surface area contributed by atoms with Crippen LogP contribution in [0.4, 0.5) is 0 Å². The van der Waals surface area contributed by atoms with E-state index >= 15 is 0 Å². The SMILES string of the molecule is CC(C)c1ccc(OCCNC(=O)CCNS(=O)(=O)c2cccc(Cl)c2)cc1. The number of benzene rings is 2. The maximum Gasteiger partial charge on any atom is 0.240 e. The molecule has 0 atom stereocenters. The molecule has 0 fully saturated rings. The molecule has 0 spiro atoms. The van der Waals surface area contributed by atoms with Crippen LogP contribution in [0.15, 0.2) is 53.4 Å². The summed E-state index contributed by atoms with van der Waals surface area (Å²) in [5, 5.41) is 3.03. The van der Waals surface area contributed by atoms with E-state index in [0.29, 0.717) is 24.1 Å². The monoisotopic (exact) mass is 424 g/mol. The van der Waals surface area contributed by atoms with Crippen molar-refractivity contribution >= 4 is 27.5 Å². The minimum absolute atomic E-state index is 0.00178. The maximum absolute atomic E-state index is 12.1. The van der Waals surface area contributed by atoms with E-state index in [-0.39, 0.29) is 23.8 Å². The molecule has 0 aliphatic carbocycles. The Morgan fingerprint density at radius 2 is 1.82 bits per heavy atom. The van der Waals surface area contributed by atoms with Gasteiger partial charge in [-0.1, -0.05) is 43.6 Å². The summed E-state index contributed by atoms with van der Waals surface area (Å²) in [6, 6.07) is 13.8. The van der Waals surface area contributed by atoms with Crippen molar-refractivity contribution in [2.24, 2.45) is 0 Å². The molecular weight excluding hydrogens is 400 g/mol. The highest BCUT2D eigenvalue weighted by Crippen LogP contribution is 2.18. The zero-order chi connectivity index (χ0) is 20.6. The molecule has 1 amide bonds. The van der Waals surface area contributed by atoms with Crippen molar-refractivity contribution in [2.75, 3.05) is 19.7 Å². The standard InChI is InChI=1S/C20H25ClN2O4S/c1-15(2)16-6-8-18(9-7-16)27-13-12-22-20(24)10-11-23-28(25,26)19-5-3-4-17(21)14-19/h3-9,14-15,23H,10-13H2,1-2H3,(H,22,24). The Balaban J connectivity index is 1.66. The third-order valence-corrected chi connectivity index (χ3v) is 5.68. The molecule has 2 aromatic rings. The normalized spacial score (nSPS) is 11.4. The van der Waals surface area contributed by atoms with Gasteiger partial charge in [0, 0.05) is 18.0 Å². The average Bonchev–Trinajstić information content (AvgIpc) is 2.65. The fourth-order valence-electron chi connectivity index (χ4n) is 2.41. The molecule has 0 bridgehead atoms. The predicted octanol–water partition coefficient (Wildman–Crippen LogP) is 3.33. The van der Waals surface area contributed by atoms with E-state index in [1.807, 2.05) is 24.3 Å². The molecule has 0 unspecified atom stereocenters. The van der Waals surface area contributed by atoms with E-state index < -0.39 is 10.0 Å². The Hall–Kier alpha value is -2.09. The zero-order valence-corrected chi connectivity index (χ0v) is 17.5. The molecule has 2 N–H and O–H groups in total. The van der Waals surface area contributed by atoms with E-state index in [2.05, 4.69) is 23.9 Å². The Morgan fingerprint density at radius 1 is 1.11 bits per heavy atom. The van der Waals surface area contributed by atoms with Gasteiger partial charge in [0.25, 0.3) is 0 Å². The highest BCUT2D eigenvalue weighted by atomic mass is 35.5. The van der Waals surface area contributed by atoms with Crippen LogP contribution in [0, 0.1) is 0 Å². The first-order valence-electron chi connectivity index (χ1n) is 9.02. The van der Waals surface area contributed by atoms with Gasteiger partial charge >= 0.3 is 0 Å². The summed E-state index contributed by atoms with van der Waals surface area (Å²) in [6.45, 7) is 4.92. The Labute approximate surface area is 171 Å². The van der Waals surface area contributed by atoms with Crippen molar-refractivity contribution in [3.05, 3.63) is 59.1 Å². The van der Waals surface area contributed by atoms with Gasteiger partial charge in [0.15, 0.2) is 0 Å². The van der Waals surface area contributed by atoms with Gasteiger partial charge < -0.3 is 10.1 Å². The summed E-state index contributed by atoms with van der Waals surface area (Å²) in [5.74, 6) is 0.949. The van der Waals surface area contributed by atoms with Gasteiger partial charge in [-0.05, 0) is 41.8 Å². The third kappa shape index (κ3) is 7.14. The van der Waals surface area contributed by atoms with E-state index in [4.69, 9.17) is 16.3 Å². The summed E-state index contributed by atoms with van der Waals surface area (Å²) in [5.41, 5.74) is 1.24. The lowest BCUT2D eigenvalue weighted by Crippen LogP contribution is -2.32. The van der Waals surface area contributed by atoms with Crippen LogP contribution in [0.1, 0.15) is 31.7 Å². The number of carbonyl (C=O) groups excluding carboxylic acids is 1. The van der Waals surface area contributed by atoms with Gasteiger partial charge in [0.2, 0.25) is 15.9 Å². The summed E-state index contributed by atoms with van der Waals surface area (Å²) >= 11 is 5.80. The van der Waals surface area contributed by atoms with Gasteiger partial charge in [-0.25, -0.2) is 13.1 Å². The molecule has 0 aromatic heterocycles. The van der Waals surface area contributed by atoms with Crippen LogP contribution in [0.5, 0.6) is 5.75 Å². The second-order valence-electron chi connectivity index (χ2n) is 6.53. The van der Waals surface area contributed by atoms with Crippen molar-refractivity contribution in [2.45, 2.75) is 31.1 Å². The van der Waals surface area contributed by atoms with Crippen LogP contribution in [0.3, 0.4) is 0 Å². The summed E-state index contributed by atoms with van der Waals surface area (Å²) in [4.78, 5) is 11.9. The highest BCUT2D eigenvalue weighted by molar-refractivity contribution is 7.89. The minimum atomic E-state index is -3.69. The summed E-state index contributed by atoms with van der Waals surface area (Å²) in [7, 11) is -3.69. The second kappa shape index (κ2) is 10.5. The molecule has 0 heterocycles. The molecule has 0 radical (unpaired) electrons. The predicted molar refractivity (Wildman–Crippen MR) is 110 cm³/mol. The first kappa shape index (κ1) is 22.2. The maximum atomic E-state index is 12.1. The molecule has 0 aliphatic heterocycles. The lowest BCUT2D eigenvalue weighted by atomic mass is 10.0. The van der Waals surface area contributed by atoms with E-state index in [1.54, 1.807) is 12.1 Å². The highest BCUT2D eigenvalue weighted by Gasteiger charge is 2.14. The molecule has 0 saturated heterocycles. The fourth-order valence-corrected chi connectivity index (χ4v) is 3.75. The third-order valence-electron chi connectivity index (χ3n) is 3.99. The van der Waals surface area contributed by atoms with E-state index in [1.165, 1.54) is 17.7 Å². The molecule has 8 heteroatoms. The molecule has 152 valence electrons. The number of amides is 1. The molecular formula is C20H25ClN2O4S. The Morgan fingerprint density at radius 3 is 2.46 bits per heavy atom. The number of hydrogen-bond acceptors (Lipinski definition) is 4. The van der Waals surface area contributed by atoms with Crippen molar-refractivity contribution in [1.82, 2.24) is 10.0 Å². The number of hydrogen-bond donors (Lipinski definition) is 2. The van der Waals surface area contributed by atoms with Crippen molar-refractivity contribution in [3.63, 3.8) is 0 Å². The van der Waals surface area contributed by atoms with Crippen molar-refractivity contribution in [1.29, 1.82) is 0 Å². The van der Waals surface area contributed by atoms with Crippen molar-refractivity contribution in [3.8, 4) is 5.75 Å². The molecule has 6 nitrogen and oxygen atoms in total. The minimum Gasteiger partial charge on any atom is -0.492 e. The van der Waals surface area contributed by atoms with Gasteiger partial charge in [0.1, 0.15) is 12.4 Å². The zero-order valence-electron chi connectivity index (χ0n) is 15.9. The smallest absolute Gasteiger partial charge is 0.240 e. The van der Waals surface area contributed by atoms with Crippen molar-refractivity contribution < 1.29 is 17.9 Å². The topological polar surface area (TPSA) is 84.5 Å². The van der Waals surface area contributed by atoms with E-state index in [9.17, 15) is 13.2 Å². The van der Waals surface area contributed by atoms with Crippen LogP contribution in [0.25, 0.3) is 0 Å². The molecule has 2 rings (SSSR count). The van der Waals surface area contributed by atoms with Gasteiger partial charge in [0.05, 0.1) is 11.4 Å². The van der Waals surface area contributed by atoms with Gasteiger partial charge in [-0.3, -0.25) is 4.79 Å². The summed E-state index contributed by atoms with van der Waals surface area (Å²) < 4.78 is 32.2. The number of halogens is 1. The lowest BCUT2D eigenvalue weighted by molar-refractivity contribution is -0.121.